The van der Waals surface area contributed by atoms with E-state index in [-0.39, 0.29) is 6.04 Å². The maximum atomic E-state index is 12.6. The second kappa shape index (κ2) is 6.13. The fraction of sp³-hybridized carbons (Fsp3) is 0.571. The first-order valence-corrected chi connectivity index (χ1v) is 9.14. The van der Waals surface area contributed by atoms with Gasteiger partial charge in [-0.15, -0.1) is 0 Å². The van der Waals surface area contributed by atoms with Crippen molar-refractivity contribution in [3.8, 4) is 0 Å². The molecule has 112 valence electrons. The predicted octanol–water partition coefficient (Wildman–Crippen LogP) is 2.68. The lowest BCUT2D eigenvalue weighted by molar-refractivity contribution is 0.260. The molecule has 1 aliphatic rings. The first-order valence-electron chi connectivity index (χ1n) is 6.86. The number of halogens is 1. The summed E-state index contributed by atoms with van der Waals surface area (Å²) >= 11 is 3.40. The van der Waals surface area contributed by atoms with E-state index < -0.39 is 10.0 Å². The lowest BCUT2D eigenvalue weighted by Crippen LogP contribution is -2.40. The summed E-state index contributed by atoms with van der Waals surface area (Å²) in [5, 5.41) is 0. The van der Waals surface area contributed by atoms with Crippen molar-refractivity contribution >= 4 is 26.0 Å². The lowest BCUT2D eigenvalue weighted by atomic mass is 9.81. The Morgan fingerprint density at radius 2 is 2.10 bits per heavy atom. The van der Waals surface area contributed by atoms with Crippen LogP contribution in [0.25, 0.3) is 0 Å². The second-order valence-electron chi connectivity index (χ2n) is 5.51. The molecule has 1 aromatic carbocycles. The molecular formula is C14H21BrN2O2S. The van der Waals surface area contributed by atoms with Gasteiger partial charge in [-0.25, -0.2) is 13.1 Å². The Morgan fingerprint density at radius 3 is 2.60 bits per heavy atom. The van der Waals surface area contributed by atoms with E-state index in [9.17, 15) is 8.42 Å². The summed E-state index contributed by atoms with van der Waals surface area (Å²) in [5.74, 6) is 0.464. The molecule has 0 spiro atoms. The largest absolute Gasteiger partial charge is 0.326 e. The maximum Gasteiger partial charge on any atom is 0.241 e. The van der Waals surface area contributed by atoms with Gasteiger partial charge in [-0.2, -0.15) is 0 Å². The molecule has 1 fully saturated rings. The molecule has 0 bridgehead atoms. The molecule has 6 heteroatoms. The summed E-state index contributed by atoms with van der Waals surface area (Å²) in [6, 6.07) is 3.51. The fourth-order valence-corrected chi connectivity index (χ4v) is 4.72. The normalized spacial score (nSPS) is 17.8. The zero-order valence-corrected chi connectivity index (χ0v) is 14.2. The molecule has 0 aromatic heterocycles. The Kier molecular flexibility index (Phi) is 4.89. The van der Waals surface area contributed by atoms with Crippen LogP contribution in [0, 0.1) is 12.8 Å². The van der Waals surface area contributed by atoms with Gasteiger partial charge in [0.2, 0.25) is 10.0 Å². The van der Waals surface area contributed by atoms with Gasteiger partial charge >= 0.3 is 0 Å². The van der Waals surface area contributed by atoms with Crippen LogP contribution in [0.5, 0.6) is 0 Å². The molecule has 1 aromatic rings. The van der Waals surface area contributed by atoms with Gasteiger partial charge in [-0.05, 0) is 55.9 Å². The van der Waals surface area contributed by atoms with Gasteiger partial charge < -0.3 is 5.73 Å². The van der Waals surface area contributed by atoms with Gasteiger partial charge in [0.1, 0.15) is 0 Å². The summed E-state index contributed by atoms with van der Waals surface area (Å²) in [5.41, 5.74) is 7.15. The first-order chi connectivity index (χ1) is 9.35. The molecule has 3 N–H and O–H groups in total. The average molecular weight is 361 g/mol. The summed E-state index contributed by atoms with van der Waals surface area (Å²) in [6.07, 6.45) is 3.41. The molecule has 0 aliphatic heterocycles. The average Bonchev–Trinajstić information content (AvgIpc) is 2.29. The molecule has 1 unspecified atom stereocenters. The van der Waals surface area contributed by atoms with Gasteiger partial charge in [0.05, 0.1) is 4.90 Å². The van der Waals surface area contributed by atoms with Crippen LogP contribution in [0.2, 0.25) is 0 Å². The molecule has 0 heterocycles. The van der Waals surface area contributed by atoms with Crippen LogP contribution in [0.3, 0.4) is 0 Å². The summed E-state index contributed by atoms with van der Waals surface area (Å²) < 4.78 is 28.7. The molecule has 0 saturated heterocycles. The van der Waals surface area contributed by atoms with Crippen LogP contribution >= 0.6 is 15.9 Å². The van der Waals surface area contributed by atoms with E-state index >= 15 is 0 Å². The Hall–Kier alpha value is -0.430. The second-order valence-corrected chi connectivity index (χ2v) is 8.04. The van der Waals surface area contributed by atoms with Crippen LogP contribution in [0.1, 0.15) is 37.3 Å². The standard InChI is InChI=1S/C14H21BrN2O2S/c1-9-13(15)6-11(8-16)7-14(9)20(18,19)17-10(2)12-4-3-5-12/h6-7,10,12,17H,3-5,8,16H2,1-2H3. The predicted molar refractivity (Wildman–Crippen MR) is 83.9 cm³/mol. The highest BCUT2D eigenvalue weighted by atomic mass is 79.9. The molecular weight excluding hydrogens is 340 g/mol. The minimum Gasteiger partial charge on any atom is -0.326 e. The van der Waals surface area contributed by atoms with E-state index in [2.05, 4.69) is 20.7 Å². The number of nitrogens with two attached hydrogens (primary N) is 1. The monoisotopic (exact) mass is 360 g/mol. The van der Waals surface area contributed by atoms with E-state index in [1.54, 1.807) is 13.0 Å². The first kappa shape index (κ1) is 15.9. The van der Waals surface area contributed by atoms with Crippen molar-refractivity contribution in [1.29, 1.82) is 0 Å². The number of sulfonamides is 1. The summed E-state index contributed by atoms with van der Waals surface area (Å²) in [6.45, 7) is 4.06. The van der Waals surface area contributed by atoms with Gasteiger partial charge in [0.25, 0.3) is 0 Å². The molecule has 1 aliphatic carbocycles. The van der Waals surface area contributed by atoms with Crippen molar-refractivity contribution in [2.45, 2.75) is 50.6 Å². The van der Waals surface area contributed by atoms with Gasteiger partial charge in [-0.3, -0.25) is 0 Å². The SMILES string of the molecule is Cc1c(Br)cc(CN)cc1S(=O)(=O)NC(C)C1CCC1. The number of hydrogen-bond acceptors (Lipinski definition) is 3. The third-order valence-corrected chi connectivity index (χ3v) is 6.59. The highest BCUT2D eigenvalue weighted by Gasteiger charge is 2.29. The van der Waals surface area contributed by atoms with Crippen molar-refractivity contribution < 1.29 is 8.42 Å². The van der Waals surface area contributed by atoms with E-state index in [0.717, 1.165) is 28.4 Å². The third-order valence-electron chi connectivity index (χ3n) is 4.08. The molecule has 4 nitrogen and oxygen atoms in total. The zero-order valence-electron chi connectivity index (χ0n) is 11.8. The van der Waals surface area contributed by atoms with Crippen LogP contribution in [-0.2, 0) is 16.6 Å². The van der Waals surface area contributed by atoms with Crippen LogP contribution in [0.15, 0.2) is 21.5 Å². The Bertz CT molecular complexity index is 597. The smallest absolute Gasteiger partial charge is 0.241 e. The van der Waals surface area contributed by atoms with Crippen LogP contribution < -0.4 is 10.5 Å². The van der Waals surface area contributed by atoms with Gasteiger partial charge in [0, 0.05) is 17.1 Å². The summed E-state index contributed by atoms with van der Waals surface area (Å²) in [4.78, 5) is 0.318. The van der Waals surface area contributed by atoms with Crippen molar-refractivity contribution in [3.05, 3.63) is 27.7 Å². The minimum atomic E-state index is -3.50. The quantitative estimate of drug-likeness (QED) is 0.847. The molecule has 20 heavy (non-hydrogen) atoms. The van der Waals surface area contributed by atoms with Crippen LogP contribution in [0.4, 0.5) is 0 Å². The molecule has 0 radical (unpaired) electrons. The Labute approximate surface area is 129 Å². The number of benzene rings is 1. The van der Waals surface area contributed by atoms with Crippen molar-refractivity contribution in [2.24, 2.45) is 11.7 Å². The number of nitrogens with one attached hydrogen (secondary N) is 1. The molecule has 1 atom stereocenters. The van der Waals surface area contributed by atoms with Gasteiger partial charge in [0.15, 0.2) is 0 Å². The highest BCUT2D eigenvalue weighted by Crippen LogP contribution is 2.31. The molecule has 1 saturated carbocycles. The zero-order chi connectivity index (χ0) is 14.9. The molecule has 2 rings (SSSR count). The van der Waals surface area contributed by atoms with Crippen molar-refractivity contribution in [2.75, 3.05) is 0 Å². The van der Waals surface area contributed by atoms with E-state index in [0.29, 0.717) is 17.4 Å². The van der Waals surface area contributed by atoms with E-state index in [1.807, 2.05) is 13.0 Å². The number of hydrogen-bond donors (Lipinski definition) is 2. The maximum absolute atomic E-state index is 12.6. The van der Waals surface area contributed by atoms with E-state index in [1.165, 1.54) is 6.42 Å². The highest BCUT2D eigenvalue weighted by molar-refractivity contribution is 9.10. The Balaban J connectivity index is 2.30. The van der Waals surface area contributed by atoms with Crippen LogP contribution in [-0.4, -0.2) is 14.5 Å². The van der Waals surface area contributed by atoms with E-state index in [4.69, 9.17) is 5.73 Å². The minimum absolute atomic E-state index is 0.0199. The topological polar surface area (TPSA) is 72.2 Å². The van der Waals surface area contributed by atoms with Crippen molar-refractivity contribution in [1.82, 2.24) is 4.72 Å². The summed E-state index contributed by atoms with van der Waals surface area (Å²) in [7, 11) is -3.50. The fourth-order valence-electron chi connectivity index (χ4n) is 2.45. The third kappa shape index (κ3) is 3.24. The lowest BCUT2D eigenvalue weighted by Gasteiger charge is -2.31. The van der Waals surface area contributed by atoms with Gasteiger partial charge in [-0.1, -0.05) is 22.4 Å². The van der Waals surface area contributed by atoms with Crippen molar-refractivity contribution in [3.63, 3.8) is 0 Å². The molecule has 0 amide bonds. The Morgan fingerprint density at radius 1 is 1.45 bits per heavy atom. The number of rotatable bonds is 5.